The van der Waals surface area contributed by atoms with E-state index in [0.717, 1.165) is 0 Å². The number of fused-ring (bicyclic) bond motifs is 1. The number of hydrogen-bond acceptors (Lipinski definition) is 4. The van der Waals surface area contributed by atoms with Crippen LogP contribution in [0.3, 0.4) is 0 Å². The topological polar surface area (TPSA) is 95.9 Å². The molecule has 3 rings (SSSR count). The van der Waals surface area contributed by atoms with Crippen molar-refractivity contribution < 1.29 is 24.2 Å². The van der Waals surface area contributed by atoms with Gasteiger partial charge in [-0.2, -0.15) is 0 Å². The zero-order valence-electron chi connectivity index (χ0n) is 14.7. The standard InChI is InChI=1S/C19H17ClN2O5/c1-10-13(20)4-3-5-14(10)21-17(23)9-22-15-8-12(19(25)26)6-7-16(15)27-11(2)18(22)24/h3-8,11H,9H2,1-2H3,(H,21,23)(H,25,26). The molecule has 0 bridgehead atoms. The Balaban J connectivity index is 1.88. The lowest BCUT2D eigenvalue weighted by molar-refractivity contribution is -0.127. The Morgan fingerprint density at radius 2 is 2.04 bits per heavy atom. The van der Waals surface area contributed by atoms with Crippen LogP contribution in [0.4, 0.5) is 11.4 Å². The summed E-state index contributed by atoms with van der Waals surface area (Å²) in [7, 11) is 0. The SMILES string of the molecule is Cc1c(Cl)cccc1NC(=O)CN1C(=O)C(C)Oc2ccc(C(=O)O)cc21. The third-order valence-electron chi connectivity index (χ3n) is 4.26. The molecule has 0 saturated heterocycles. The van der Waals surface area contributed by atoms with E-state index in [1.807, 2.05) is 0 Å². The van der Waals surface area contributed by atoms with Crippen LogP contribution in [0, 0.1) is 6.92 Å². The second-order valence-electron chi connectivity index (χ2n) is 6.13. The van der Waals surface area contributed by atoms with E-state index in [9.17, 15) is 19.5 Å². The summed E-state index contributed by atoms with van der Waals surface area (Å²) in [5.41, 5.74) is 1.50. The molecule has 2 N–H and O–H groups in total. The highest BCUT2D eigenvalue weighted by molar-refractivity contribution is 6.31. The van der Waals surface area contributed by atoms with Gasteiger partial charge in [-0.3, -0.25) is 14.5 Å². The van der Waals surface area contributed by atoms with Crippen LogP contribution in [0.2, 0.25) is 5.02 Å². The average Bonchev–Trinajstić information content (AvgIpc) is 2.62. The first kappa shape index (κ1) is 18.7. The minimum absolute atomic E-state index is 0.00389. The number of hydrogen-bond donors (Lipinski definition) is 2. The molecule has 7 nitrogen and oxygen atoms in total. The minimum Gasteiger partial charge on any atom is -0.479 e. The van der Waals surface area contributed by atoms with Crippen molar-refractivity contribution in [3.8, 4) is 5.75 Å². The minimum atomic E-state index is -1.14. The first-order valence-electron chi connectivity index (χ1n) is 8.18. The largest absolute Gasteiger partial charge is 0.479 e. The van der Waals surface area contributed by atoms with Crippen molar-refractivity contribution in [2.24, 2.45) is 0 Å². The van der Waals surface area contributed by atoms with Crippen LogP contribution in [0.15, 0.2) is 36.4 Å². The molecule has 2 aromatic rings. The molecule has 1 atom stereocenters. The van der Waals surface area contributed by atoms with Crippen LogP contribution < -0.4 is 15.0 Å². The van der Waals surface area contributed by atoms with Gasteiger partial charge in [-0.05, 0) is 49.7 Å². The summed E-state index contributed by atoms with van der Waals surface area (Å²) in [5, 5.41) is 12.4. The number of aromatic carboxylic acids is 1. The number of carbonyl (C=O) groups excluding carboxylic acids is 2. The van der Waals surface area contributed by atoms with Gasteiger partial charge in [0, 0.05) is 10.7 Å². The van der Waals surface area contributed by atoms with Gasteiger partial charge >= 0.3 is 5.97 Å². The maximum absolute atomic E-state index is 12.5. The third kappa shape index (κ3) is 3.73. The summed E-state index contributed by atoms with van der Waals surface area (Å²) < 4.78 is 5.51. The van der Waals surface area contributed by atoms with Gasteiger partial charge in [-0.1, -0.05) is 17.7 Å². The summed E-state index contributed by atoms with van der Waals surface area (Å²) in [5.74, 6) is -1.65. The molecule has 27 heavy (non-hydrogen) atoms. The Hall–Kier alpha value is -3.06. The Morgan fingerprint density at radius 1 is 1.30 bits per heavy atom. The van der Waals surface area contributed by atoms with E-state index in [0.29, 0.717) is 22.0 Å². The molecule has 0 aromatic heterocycles. The van der Waals surface area contributed by atoms with Crippen molar-refractivity contribution in [2.75, 3.05) is 16.8 Å². The zero-order valence-corrected chi connectivity index (χ0v) is 15.4. The van der Waals surface area contributed by atoms with Crippen LogP contribution >= 0.6 is 11.6 Å². The quantitative estimate of drug-likeness (QED) is 0.839. The van der Waals surface area contributed by atoms with E-state index in [4.69, 9.17) is 16.3 Å². The number of ether oxygens (including phenoxy) is 1. The first-order valence-corrected chi connectivity index (χ1v) is 8.56. The second kappa shape index (κ2) is 7.28. The molecule has 1 aliphatic rings. The molecule has 140 valence electrons. The lowest BCUT2D eigenvalue weighted by Gasteiger charge is -2.32. The first-order chi connectivity index (χ1) is 12.8. The van der Waals surface area contributed by atoms with Gasteiger partial charge in [-0.15, -0.1) is 0 Å². The van der Waals surface area contributed by atoms with Gasteiger partial charge in [0.15, 0.2) is 6.10 Å². The van der Waals surface area contributed by atoms with Crippen LogP contribution in [-0.4, -0.2) is 35.5 Å². The van der Waals surface area contributed by atoms with E-state index in [1.54, 1.807) is 32.0 Å². The van der Waals surface area contributed by atoms with E-state index < -0.39 is 23.9 Å². The lowest BCUT2D eigenvalue weighted by Crippen LogP contribution is -2.47. The van der Waals surface area contributed by atoms with Crippen molar-refractivity contribution in [1.29, 1.82) is 0 Å². The molecule has 2 amide bonds. The Bertz CT molecular complexity index is 944. The molecule has 8 heteroatoms. The molecule has 1 unspecified atom stereocenters. The molecular formula is C19H17ClN2O5. The number of benzene rings is 2. The molecule has 0 aliphatic carbocycles. The monoisotopic (exact) mass is 388 g/mol. The van der Waals surface area contributed by atoms with E-state index in [2.05, 4.69) is 5.32 Å². The summed E-state index contributed by atoms with van der Waals surface area (Å²) in [4.78, 5) is 37.5. The van der Waals surface area contributed by atoms with E-state index >= 15 is 0 Å². The highest BCUT2D eigenvalue weighted by atomic mass is 35.5. The summed E-state index contributed by atoms with van der Waals surface area (Å²) in [6.07, 6.45) is -0.783. The maximum atomic E-state index is 12.5. The van der Waals surface area contributed by atoms with Crippen LogP contribution in [-0.2, 0) is 9.59 Å². The van der Waals surface area contributed by atoms with Gasteiger partial charge in [0.1, 0.15) is 12.3 Å². The third-order valence-corrected chi connectivity index (χ3v) is 4.67. The van der Waals surface area contributed by atoms with Crippen molar-refractivity contribution in [2.45, 2.75) is 20.0 Å². The summed E-state index contributed by atoms with van der Waals surface area (Å²) in [6.45, 7) is 3.06. The fraction of sp³-hybridized carbons (Fsp3) is 0.211. The van der Waals surface area contributed by atoms with Gasteiger partial charge in [0.05, 0.1) is 11.3 Å². The fourth-order valence-corrected chi connectivity index (χ4v) is 2.95. The number of carboxylic acid groups (broad SMARTS) is 1. The highest BCUT2D eigenvalue weighted by Gasteiger charge is 2.33. The number of nitrogens with zero attached hydrogens (tertiary/aromatic N) is 1. The fourth-order valence-electron chi connectivity index (χ4n) is 2.78. The molecular weight excluding hydrogens is 372 g/mol. The predicted molar refractivity (Wildman–Crippen MR) is 101 cm³/mol. The lowest BCUT2D eigenvalue weighted by atomic mass is 10.1. The van der Waals surface area contributed by atoms with Gasteiger partial charge in [-0.25, -0.2) is 4.79 Å². The van der Waals surface area contributed by atoms with Gasteiger partial charge in [0.25, 0.3) is 5.91 Å². The normalized spacial score (nSPS) is 15.7. The number of nitrogens with one attached hydrogen (secondary N) is 1. The Morgan fingerprint density at radius 3 is 2.74 bits per heavy atom. The van der Waals surface area contributed by atoms with Crippen molar-refractivity contribution in [1.82, 2.24) is 0 Å². The molecule has 1 aliphatic heterocycles. The molecule has 0 fully saturated rings. The highest BCUT2D eigenvalue weighted by Crippen LogP contribution is 2.35. The number of halogens is 1. The Labute approximate surface area is 160 Å². The van der Waals surface area contributed by atoms with Gasteiger partial charge in [0.2, 0.25) is 5.91 Å². The smallest absolute Gasteiger partial charge is 0.335 e. The molecule has 1 heterocycles. The average molecular weight is 389 g/mol. The van der Waals surface area contributed by atoms with Crippen LogP contribution in [0.25, 0.3) is 0 Å². The molecule has 0 spiro atoms. The van der Waals surface area contributed by atoms with Crippen molar-refractivity contribution >= 4 is 40.8 Å². The number of anilines is 2. The zero-order chi connectivity index (χ0) is 19.7. The number of carboxylic acids is 1. The molecule has 2 aromatic carbocycles. The summed E-state index contributed by atoms with van der Waals surface area (Å²) in [6, 6.07) is 9.31. The number of carbonyl (C=O) groups is 3. The predicted octanol–water partition coefficient (Wildman–Crippen LogP) is 3.10. The number of rotatable bonds is 4. The van der Waals surface area contributed by atoms with E-state index in [1.165, 1.54) is 23.1 Å². The Kier molecular flexibility index (Phi) is 5.05. The van der Waals surface area contributed by atoms with Crippen LogP contribution in [0.5, 0.6) is 5.75 Å². The second-order valence-corrected chi connectivity index (χ2v) is 6.54. The summed E-state index contributed by atoms with van der Waals surface area (Å²) >= 11 is 6.06. The van der Waals surface area contributed by atoms with Crippen LogP contribution in [0.1, 0.15) is 22.8 Å². The number of amides is 2. The molecule has 0 radical (unpaired) electrons. The maximum Gasteiger partial charge on any atom is 0.335 e. The van der Waals surface area contributed by atoms with E-state index in [-0.39, 0.29) is 17.8 Å². The molecule has 0 saturated carbocycles. The van der Waals surface area contributed by atoms with Gasteiger partial charge < -0.3 is 15.2 Å². The van der Waals surface area contributed by atoms with Crippen molar-refractivity contribution in [3.05, 3.63) is 52.5 Å². The van der Waals surface area contributed by atoms with Crippen molar-refractivity contribution in [3.63, 3.8) is 0 Å².